The topological polar surface area (TPSA) is 101 Å². The molecule has 0 amide bonds. The molecular formula is C19H39NO5. The van der Waals surface area contributed by atoms with Gasteiger partial charge in [-0.2, -0.15) is 0 Å². The number of carboxylic acid groups (broad SMARTS) is 1. The maximum Gasteiger partial charge on any atom is 0.306 e. The molecule has 0 spiro atoms. The highest BCUT2D eigenvalue weighted by atomic mass is 16.4. The lowest BCUT2D eigenvalue weighted by Gasteiger charge is -2.35. The van der Waals surface area contributed by atoms with Crippen LogP contribution in [0.25, 0.3) is 0 Å². The van der Waals surface area contributed by atoms with Gasteiger partial charge in [-0.25, -0.2) is 0 Å². The molecule has 5 unspecified atom stereocenters. The Morgan fingerprint density at radius 3 is 2.16 bits per heavy atom. The van der Waals surface area contributed by atoms with E-state index in [1.807, 2.05) is 32.7 Å². The lowest BCUT2D eigenvalue weighted by atomic mass is 9.85. The van der Waals surface area contributed by atoms with Crippen molar-refractivity contribution in [3.05, 3.63) is 0 Å². The van der Waals surface area contributed by atoms with Crippen molar-refractivity contribution in [2.24, 2.45) is 17.8 Å². The van der Waals surface area contributed by atoms with E-state index < -0.39 is 29.7 Å². The minimum Gasteiger partial charge on any atom is -0.481 e. The molecule has 0 heterocycles. The van der Waals surface area contributed by atoms with Crippen LogP contribution in [0.15, 0.2) is 0 Å². The van der Waals surface area contributed by atoms with Crippen LogP contribution in [0.2, 0.25) is 0 Å². The molecule has 0 aliphatic rings. The molecule has 0 aromatic heterocycles. The van der Waals surface area contributed by atoms with Crippen molar-refractivity contribution in [2.45, 2.75) is 78.1 Å². The summed E-state index contributed by atoms with van der Waals surface area (Å²) in [4.78, 5) is 12.8. The number of hydrogen-bond donors (Lipinski definition) is 4. The molecule has 25 heavy (non-hydrogen) atoms. The van der Waals surface area contributed by atoms with Crippen LogP contribution in [0.3, 0.4) is 0 Å². The molecule has 0 aromatic rings. The van der Waals surface area contributed by atoms with Gasteiger partial charge in [0.15, 0.2) is 0 Å². The van der Waals surface area contributed by atoms with Crippen LogP contribution >= 0.6 is 0 Å². The van der Waals surface area contributed by atoms with Gasteiger partial charge in [-0.1, -0.05) is 34.1 Å². The number of aliphatic hydroxyl groups excluding tert-OH is 2. The van der Waals surface area contributed by atoms with Crippen molar-refractivity contribution in [3.63, 3.8) is 0 Å². The summed E-state index contributed by atoms with van der Waals surface area (Å²) in [6, 6.07) is 0. The molecule has 150 valence electrons. The van der Waals surface area contributed by atoms with Gasteiger partial charge in [0.25, 0.3) is 0 Å². The molecule has 0 aromatic carbocycles. The third-order valence-corrected chi connectivity index (χ3v) is 4.91. The SMILES string of the molecule is CCCC(C)(O)C(O)C(C)CN(C)CC(O)C[C@@H](C)CC(C)C(=O)O. The van der Waals surface area contributed by atoms with Gasteiger partial charge in [0, 0.05) is 13.1 Å². The zero-order valence-electron chi connectivity index (χ0n) is 16.8. The van der Waals surface area contributed by atoms with Crippen LogP contribution in [0.4, 0.5) is 0 Å². The summed E-state index contributed by atoms with van der Waals surface area (Å²) in [6.45, 7) is 10.2. The molecule has 0 aliphatic carbocycles. The van der Waals surface area contributed by atoms with Gasteiger partial charge in [-0.15, -0.1) is 0 Å². The Bertz CT molecular complexity index is 388. The molecule has 4 N–H and O–H groups in total. The van der Waals surface area contributed by atoms with E-state index in [0.29, 0.717) is 32.4 Å². The normalized spacial score (nSPS) is 20.6. The van der Waals surface area contributed by atoms with E-state index in [1.165, 1.54) is 0 Å². The van der Waals surface area contributed by atoms with Crippen molar-refractivity contribution in [3.8, 4) is 0 Å². The first-order chi connectivity index (χ1) is 11.4. The summed E-state index contributed by atoms with van der Waals surface area (Å²) in [5.41, 5.74) is -1.10. The van der Waals surface area contributed by atoms with E-state index in [4.69, 9.17) is 5.11 Å². The fourth-order valence-electron chi connectivity index (χ4n) is 3.63. The molecule has 6 nitrogen and oxygen atoms in total. The van der Waals surface area contributed by atoms with E-state index in [9.17, 15) is 20.1 Å². The standard InChI is InChI=1S/C19H39NO5/c1-7-8-19(5,25)17(22)15(4)11-20(6)12-16(21)10-13(2)9-14(3)18(23)24/h13-17,21-22,25H,7-12H2,1-6H3,(H,23,24)/t13-,14?,15?,16?,17?,19?/m0/s1. The second-order valence-corrected chi connectivity index (χ2v) is 8.22. The Balaban J connectivity index is 4.35. The van der Waals surface area contributed by atoms with Gasteiger partial charge >= 0.3 is 5.97 Å². The van der Waals surface area contributed by atoms with Crippen LogP contribution in [0, 0.1) is 17.8 Å². The minimum absolute atomic E-state index is 0.122. The summed E-state index contributed by atoms with van der Waals surface area (Å²) >= 11 is 0. The Kier molecular flexibility index (Phi) is 10.8. The third kappa shape index (κ3) is 9.54. The molecule has 6 atom stereocenters. The summed E-state index contributed by atoms with van der Waals surface area (Å²) in [5, 5.41) is 39.9. The Labute approximate surface area is 152 Å². The van der Waals surface area contributed by atoms with Gasteiger partial charge in [0.05, 0.1) is 23.7 Å². The maximum atomic E-state index is 10.9. The van der Waals surface area contributed by atoms with E-state index in [2.05, 4.69) is 0 Å². The number of aliphatic carboxylic acids is 1. The molecule has 0 bridgehead atoms. The Morgan fingerprint density at radius 2 is 1.68 bits per heavy atom. The molecular weight excluding hydrogens is 322 g/mol. The minimum atomic E-state index is -1.10. The number of aliphatic hydroxyl groups is 3. The first-order valence-electron chi connectivity index (χ1n) is 9.40. The van der Waals surface area contributed by atoms with Crippen LogP contribution in [0.1, 0.15) is 60.3 Å². The molecule has 0 saturated carbocycles. The smallest absolute Gasteiger partial charge is 0.306 e. The number of rotatable bonds is 13. The van der Waals surface area contributed by atoms with E-state index in [-0.39, 0.29) is 11.8 Å². The number of hydrogen-bond acceptors (Lipinski definition) is 5. The first kappa shape index (κ1) is 24.3. The molecule has 0 aliphatic heterocycles. The van der Waals surface area contributed by atoms with Gasteiger partial charge in [0.1, 0.15) is 0 Å². The predicted molar refractivity (Wildman–Crippen MR) is 99.4 cm³/mol. The number of carboxylic acids is 1. The van der Waals surface area contributed by atoms with Crippen LogP contribution in [-0.2, 0) is 4.79 Å². The van der Waals surface area contributed by atoms with Crippen LogP contribution in [-0.4, -0.2) is 69.2 Å². The summed E-state index contributed by atoms with van der Waals surface area (Å²) < 4.78 is 0. The lowest BCUT2D eigenvalue weighted by Crippen LogP contribution is -2.47. The maximum absolute atomic E-state index is 10.9. The van der Waals surface area contributed by atoms with Gasteiger partial charge in [-0.05, 0) is 45.1 Å². The molecule has 0 radical (unpaired) electrons. The van der Waals surface area contributed by atoms with Crippen molar-refractivity contribution in [2.75, 3.05) is 20.1 Å². The van der Waals surface area contributed by atoms with Crippen molar-refractivity contribution in [1.29, 1.82) is 0 Å². The fraction of sp³-hybridized carbons (Fsp3) is 0.947. The number of nitrogens with zero attached hydrogens (tertiary/aromatic N) is 1. The van der Waals surface area contributed by atoms with Gasteiger partial charge in [0.2, 0.25) is 0 Å². The fourth-order valence-corrected chi connectivity index (χ4v) is 3.63. The van der Waals surface area contributed by atoms with E-state index in [1.54, 1.807) is 13.8 Å². The van der Waals surface area contributed by atoms with Gasteiger partial charge in [-0.3, -0.25) is 4.79 Å². The monoisotopic (exact) mass is 361 g/mol. The first-order valence-corrected chi connectivity index (χ1v) is 9.40. The average Bonchev–Trinajstić information content (AvgIpc) is 2.45. The van der Waals surface area contributed by atoms with Crippen molar-refractivity contribution >= 4 is 5.97 Å². The second-order valence-electron chi connectivity index (χ2n) is 8.22. The lowest BCUT2D eigenvalue weighted by molar-refractivity contribution is -0.141. The average molecular weight is 362 g/mol. The van der Waals surface area contributed by atoms with E-state index in [0.717, 1.165) is 6.42 Å². The highest BCUT2D eigenvalue weighted by Gasteiger charge is 2.34. The zero-order chi connectivity index (χ0) is 19.8. The third-order valence-electron chi connectivity index (χ3n) is 4.91. The Morgan fingerprint density at radius 1 is 1.12 bits per heavy atom. The van der Waals surface area contributed by atoms with Crippen LogP contribution < -0.4 is 0 Å². The zero-order valence-corrected chi connectivity index (χ0v) is 16.8. The number of carbonyl (C=O) groups is 1. The molecule has 6 heteroatoms. The molecule has 0 fully saturated rings. The van der Waals surface area contributed by atoms with Gasteiger partial charge < -0.3 is 25.3 Å². The largest absolute Gasteiger partial charge is 0.481 e. The quantitative estimate of drug-likeness (QED) is 0.400. The predicted octanol–water partition coefficient (Wildman–Crippen LogP) is 1.96. The Hall–Kier alpha value is -0.690. The summed E-state index contributed by atoms with van der Waals surface area (Å²) in [5.74, 6) is -1.21. The molecule has 0 saturated heterocycles. The summed E-state index contributed by atoms with van der Waals surface area (Å²) in [7, 11) is 1.88. The second kappa shape index (κ2) is 11.1. The molecule has 0 rings (SSSR count). The van der Waals surface area contributed by atoms with Crippen LogP contribution in [0.5, 0.6) is 0 Å². The summed E-state index contributed by atoms with van der Waals surface area (Å²) in [6.07, 6.45) is 1.09. The highest BCUT2D eigenvalue weighted by Crippen LogP contribution is 2.23. The van der Waals surface area contributed by atoms with E-state index >= 15 is 0 Å². The van der Waals surface area contributed by atoms with Crippen molar-refractivity contribution < 1.29 is 25.2 Å². The number of likely N-dealkylation sites (N-methyl/N-ethyl adjacent to an activating group) is 1. The highest BCUT2D eigenvalue weighted by molar-refractivity contribution is 5.69. The van der Waals surface area contributed by atoms with Crippen molar-refractivity contribution in [1.82, 2.24) is 4.90 Å².